The standard InChI is InChI=1S/C28H27FN4O5/c1-37-24-15-20-22(16-25(24)38-2)30-28(36)33(27(20)35)17-18-7-9-19(10-8-18)26(34)32-13-11-31(12-14-32)23-6-4-3-5-21(23)29/h3-10,15-16H,11-14,17H2,1-2H3,(H,30,36). The Balaban J connectivity index is 1.30. The molecule has 1 aliphatic heterocycles. The van der Waals surface area contributed by atoms with Gasteiger partial charge >= 0.3 is 5.69 Å². The van der Waals surface area contributed by atoms with Crippen molar-refractivity contribution in [2.75, 3.05) is 45.3 Å². The summed E-state index contributed by atoms with van der Waals surface area (Å²) >= 11 is 0. The van der Waals surface area contributed by atoms with Gasteiger partial charge in [-0.15, -0.1) is 0 Å². The summed E-state index contributed by atoms with van der Waals surface area (Å²) in [5, 5.41) is 0.295. The van der Waals surface area contributed by atoms with Crippen molar-refractivity contribution in [3.05, 3.63) is 98.4 Å². The molecule has 38 heavy (non-hydrogen) atoms. The molecule has 4 aromatic rings. The number of hydrogen-bond donors (Lipinski definition) is 1. The molecule has 1 saturated heterocycles. The van der Waals surface area contributed by atoms with Crippen LogP contribution in [0.25, 0.3) is 10.9 Å². The predicted molar refractivity (Wildman–Crippen MR) is 142 cm³/mol. The number of para-hydroxylation sites is 1. The highest BCUT2D eigenvalue weighted by molar-refractivity contribution is 5.94. The molecule has 1 amide bonds. The van der Waals surface area contributed by atoms with Gasteiger partial charge in [0, 0.05) is 37.8 Å². The monoisotopic (exact) mass is 518 g/mol. The number of piperazine rings is 1. The van der Waals surface area contributed by atoms with E-state index in [0.717, 1.165) is 4.57 Å². The maximum absolute atomic E-state index is 14.1. The van der Waals surface area contributed by atoms with Crippen LogP contribution < -0.4 is 25.6 Å². The molecule has 3 aromatic carbocycles. The number of aromatic nitrogens is 2. The van der Waals surface area contributed by atoms with Gasteiger partial charge in [-0.05, 0) is 35.9 Å². The lowest BCUT2D eigenvalue weighted by molar-refractivity contribution is 0.0746. The maximum atomic E-state index is 14.1. The molecule has 1 N–H and O–H groups in total. The molecule has 0 bridgehead atoms. The Bertz CT molecular complexity index is 1600. The summed E-state index contributed by atoms with van der Waals surface area (Å²) < 4.78 is 25.7. The van der Waals surface area contributed by atoms with Crippen molar-refractivity contribution in [2.45, 2.75) is 6.54 Å². The molecule has 0 spiro atoms. The number of anilines is 1. The van der Waals surface area contributed by atoms with Gasteiger partial charge in [0.1, 0.15) is 5.82 Å². The average molecular weight is 519 g/mol. The lowest BCUT2D eigenvalue weighted by Gasteiger charge is -2.36. The van der Waals surface area contributed by atoms with Crippen molar-refractivity contribution in [2.24, 2.45) is 0 Å². The fourth-order valence-corrected chi connectivity index (χ4v) is 4.70. The highest BCUT2D eigenvalue weighted by Crippen LogP contribution is 2.29. The molecule has 1 aliphatic rings. The quantitative estimate of drug-likeness (QED) is 0.422. The topological polar surface area (TPSA) is 96.9 Å². The third kappa shape index (κ3) is 4.72. The van der Waals surface area contributed by atoms with Crippen molar-refractivity contribution < 1.29 is 18.7 Å². The summed E-state index contributed by atoms with van der Waals surface area (Å²) in [6.45, 7) is 2.06. The van der Waals surface area contributed by atoms with E-state index < -0.39 is 11.2 Å². The fourth-order valence-electron chi connectivity index (χ4n) is 4.70. The van der Waals surface area contributed by atoms with Gasteiger partial charge in [0.15, 0.2) is 11.5 Å². The van der Waals surface area contributed by atoms with Crippen molar-refractivity contribution in [1.29, 1.82) is 0 Å². The van der Waals surface area contributed by atoms with Gasteiger partial charge in [0.25, 0.3) is 11.5 Å². The lowest BCUT2D eigenvalue weighted by Crippen LogP contribution is -2.49. The van der Waals surface area contributed by atoms with Gasteiger partial charge in [-0.3, -0.25) is 14.2 Å². The van der Waals surface area contributed by atoms with Gasteiger partial charge in [-0.2, -0.15) is 0 Å². The molecule has 0 atom stereocenters. The second-order valence-electron chi connectivity index (χ2n) is 9.00. The molecule has 0 radical (unpaired) electrons. The summed E-state index contributed by atoms with van der Waals surface area (Å²) in [7, 11) is 2.95. The first-order chi connectivity index (χ1) is 18.4. The van der Waals surface area contributed by atoms with Crippen molar-refractivity contribution in [1.82, 2.24) is 14.5 Å². The second kappa shape index (κ2) is 10.4. The molecule has 0 unspecified atom stereocenters. The minimum atomic E-state index is -0.553. The van der Waals surface area contributed by atoms with E-state index in [1.165, 1.54) is 26.4 Å². The maximum Gasteiger partial charge on any atom is 0.329 e. The second-order valence-corrected chi connectivity index (χ2v) is 9.00. The number of aromatic amines is 1. The molecule has 1 aromatic heterocycles. The predicted octanol–water partition coefficient (Wildman–Crippen LogP) is 2.86. The normalized spacial score (nSPS) is 13.6. The number of fused-ring (bicyclic) bond motifs is 1. The number of carbonyl (C=O) groups is 1. The van der Waals surface area contributed by atoms with E-state index in [9.17, 15) is 18.8 Å². The number of H-pyrrole nitrogens is 1. The SMILES string of the molecule is COc1cc2[nH]c(=O)n(Cc3ccc(C(=O)N4CCN(c5ccccc5F)CC4)cc3)c(=O)c2cc1OC. The van der Waals surface area contributed by atoms with Crippen LogP contribution in [-0.2, 0) is 6.54 Å². The van der Waals surface area contributed by atoms with Crippen LogP contribution in [0.2, 0.25) is 0 Å². The first-order valence-corrected chi connectivity index (χ1v) is 12.2. The fraction of sp³-hybridized carbons (Fsp3) is 0.250. The number of methoxy groups -OCH3 is 2. The third-order valence-electron chi connectivity index (χ3n) is 6.79. The molecule has 5 rings (SSSR count). The highest BCUT2D eigenvalue weighted by atomic mass is 19.1. The number of halogens is 1. The Morgan fingerprint density at radius 2 is 1.58 bits per heavy atom. The van der Waals surface area contributed by atoms with Crippen LogP contribution in [0.15, 0.2) is 70.3 Å². The van der Waals surface area contributed by atoms with Crippen LogP contribution in [0, 0.1) is 5.82 Å². The lowest BCUT2D eigenvalue weighted by atomic mass is 10.1. The first kappa shape index (κ1) is 25.1. The smallest absolute Gasteiger partial charge is 0.329 e. The Labute approximate surface area is 217 Å². The molecule has 0 aliphatic carbocycles. The molecule has 9 nitrogen and oxygen atoms in total. The van der Waals surface area contributed by atoms with Crippen LogP contribution >= 0.6 is 0 Å². The zero-order chi connectivity index (χ0) is 26.8. The number of rotatable bonds is 6. The average Bonchev–Trinajstić information content (AvgIpc) is 2.95. The van der Waals surface area contributed by atoms with Crippen LogP contribution in [0.5, 0.6) is 11.5 Å². The third-order valence-corrected chi connectivity index (χ3v) is 6.79. The highest BCUT2D eigenvalue weighted by Gasteiger charge is 2.23. The van der Waals surface area contributed by atoms with E-state index in [2.05, 4.69) is 4.98 Å². The molecular formula is C28H27FN4O5. The Morgan fingerprint density at radius 3 is 2.24 bits per heavy atom. The summed E-state index contributed by atoms with van der Waals surface area (Å²) in [6, 6.07) is 16.6. The molecule has 2 heterocycles. The van der Waals surface area contributed by atoms with E-state index in [0.29, 0.717) is 65.4 Å². The van der Waals surface area contributed by atoms with Gasteiger partial charge in [-0.25, -0.2) is 9.18 Å². The molecular weight excluding hydrogens is 491 g/mol. The van der Waals surface area contributed by atoms with E-state index in [-0.39, 0.29) is 18.3 Å². The van der Waals surface area contributed by atoms with Gasteiger partial charge in [0.2, 0.25) is 0 Å². The van der Waals surface area contributed by atoms with E-state index >= 15 is 0 Å². The number of benzene rings is 3. The summed E-state index contributed by atoms with van der Waals surface area (Å²) in [4.78, 5) is 45.3. The van der Waals surface area contributed by atoms with Gasteiger partial charge in [0.05, 0.1) is 37.4 Å². The Kier molecular flexibility index (Phi) is 6.87. The minimum Gasteiger partial charge on any atom is -0.493 e. The van der Waals surface area contributed by atoms with Crippen LogP contribution in [-0.4, -0.2) is 60.8 Å². The Morgan fingerprint density at radius 1 is 0.921 bits per heavy atom. The van der Waals surface area contributed by atoms with Crippen molar-refractivity contribution in [3.8, 4) is 11.5 Å². The zero-order valence-corrected chi connectivity index (χ0v) is 21.1. The largest absolute Gasteiger partial charge is 0.493 e. The van der Waals surface area contributed by atoms with E-state index in [1.54, 1.807) is 53.4 Å². The first-order valence-electron chi connectivity index (χ1n) is 12.2. The number of nitrogens with zero attached hydrogens (tertiary/aromatic N) is 3. The zero-order valence-electron chi connectivity index (χ0n) is 21.1. The van der Waals surface area contributed by atoms with Crippen molar-refractivity contribution in [3.63, 3.8) is 0 Å². The molecule has 10 heteroatoms. The van der Waals surface area contributed by atoms with Crippen molar-refractivity contribution >= 4 is 22.5 Å². The minimum absolute atomic E-state index is 0.0359. The van der Waals surface area contributed by atoms with Crippen LogP contribution in [0.4, 0.5) is 10.1 Å². The summed E-state index contributed by atoms with van der Waals surface area (Å²) in [5.74, 6) is 0.396. The number of amides is 1. The molecule has 196 valence electrons. The summed E-state index contributed by atoms with van der Waals surface area (Å²) in [5.41, 5.74) is 1.08. The van der Waals surface area contributed by atoms with Gasteiger partial charge < -0.3 is 24.3 Å². The Hall–Kier alpha value is -4.60. The molecule has 0 saturated carbocycles. The number of carbonyl (C=O) groups excluding carboxylic acids is 1. The van der Waals surface area contributed by atoms with E-state index in [1.807, 2.05) is 4.90 Å². The number of ether oxygens (including phenoxy) is 2. The van der Waals surface area contributed by atoms with Crippen LogP contribution in [0.1, 0.15) is 15.9 Å². The van der Waals surface area contributed by atoms with Crippen LogP contribution in [0.3, 0.4) is 0 Å². The van der Waals surface area contributed by atoms with E-state index in [4.69, 9.17) is 9.47 Å². The number of nitrogens with one attached hydrogen (secondary N) is 1. The molecule has 1 fully saturated rings. The number of hydrogen-bond acceptors (Lipinski definition) is 6. The van der Waals surface area contributed by atoms with Gasteiger partial charge in [-0.1, -0.05) is 24.3 Å². The summed E-state index contributed by atoms with van der Waals surface area (Å²) in [6.07, 6.45) is 0.